The van der Waals surface area contributed by atoms with Gasteiger partial charge in [0.15, 0.2) is 0 Å². The van der Waals surface area contributed by atoms with Gasteiger partial charge in [-0.25, -0.2) is 0 Å². The van der Waals surface area contributed by atoms with Crippen LogP contribution < -0.4 is 5.32 Å². The Morgan fingerprint density at radius 3 is 2.45 bits per heavy atom. The summed E-state index contributed by atoms with van der Waals surface area (Å²) in [5, 5.41) is 4.83. The van der Waals surface area contributed by atoms with Crippen molar-refractivity contribution in [3.05, 3.63) is 69.7 Å². The van der Waals surface area contributed by atoms with Crippen molar-refractivity contribution >= 4 is 23.2 Å². The number of rotatable bonds is 6. The summed E-state index contributed by atoms with van der Waals surface area (Å²) in [6.45, 7) is 2.92. The zero-order chi connectivity index (χ0) is 14.4. The van der Waals surface area contributed by atoms with Gasteiger partial charge in [-0.1, -0.05) is 79.0 Å². The van der Waals surface area contributed by atoms with E-state index in [1.807, 2.05) is 24.3 Å². The molecule has 0 heterocycles. The summed E-state index contributed by atoms with van der Waals surface area (Å²) in [5.41, 5.74) is 2.35. The van der Waals surface area contributed by atoms with E-state index in [9.17, 15) is 0 Å². The zero-order valence-electron chi connectivity index (χ0n) is 11.6. The molecule has 2 aromatic carbocycles. The van der Waals surface area contributed by atoms with E-state index in [1.54, 1.807) is 0 Å². The molecule has 0 saturated heterocycles. The molecule has 0 spiro atoms. The molecule has 1 atom stereocenters. The van der Waals surface area contributed by atoms with Gasteiger partial charge >= 0.3 is 0 Å². The smallest absolute Gasteiger partial charge is 0.0637 e. The van der Waals surface area contributed by atoms with E-state index >= 15 is 0 Å². The van der Waals surface area contributed by atoms with Crippen molar-refractivity contribution in [2.45, 2.75) is 32.4 Å². The fourth-order valence-corrected chi connectivity index (χ4v) is 2.67. The van der Waals surface area contributed by atoms with Gasteiger partial charge in [0, 0.05) is 12.6 Å². The summed E-state index contributed by atoms with van der Waals surface area (Å²) in [6.07, 6.45) is 2.23. The van der Waals surface area contributed by atoms with E-state index in [1.165, 1.54) is 5.56 Å². The lowest BCUT2D eigenvalue weighted by Crippen LogP contribution is -2.21. The maximum Gasteiger partial charge on any atom is 0.0637 e. The molecule has 0 aliphatic heterocycles. The first-order chi connectivity index (χ1) is 9.72. The van der Waals surface area contributed by atoms with Gasteiger partial charge in [-0.15, -0.1) is 0 Å². The Balaban J connectivity index is 2.08. The van der Waals surface area contributed by atoms with Crippen molar-refractivity contribution in [2.75, 3.05) is 0 Å². The lowest BCUT2D eigenvalue weighted by molar-refractivity contribution is 0.493. The normalized spacial score (nSPS) is 12.3. The highest BCUT2D eigenvalue weighted by atomic mass is 35.5. The number of hydrogen-bond donors (Lipinski definition) is 1. The predicted molar refractivity (Wildman–Crippen MR) is 87.4 cm³/mol. The van der Waals surface area contributed by atoms with Gasteiger partial charge < -0.3 is 5.32 Å². The highest BCUT2D eigenvalue weighted by Gasteiger charge is 2.11. The lowest BCUT2D eigenvalue weighted by Gasteiger charge is -2.19. The molecule has 1 unspecified atom stereocenters. The Kier molecular flexibility index (Phi) is 5.90. The van der Waals surface area contributed by atoms with Crippen molar-refractivity contribution in [3.8, 4) is 0 Å². The van der Waals surface area contributed by atoms with Crippen molar-refractivity contribution in [2.24, 2.45) is 0 Å². The van der Waals surface area contributed by atoms with Gasteiger partial charge in [-0.05, 0) is 23.6 Å². The van der Waals surface area contributed by atoms with E-state index in [-0.39, 0.29) is 0 Å². The van der Waals surface area contributed by atoms with Crippen LogP contribution in [0.1, 0.15) is 36.9 Å². The van der Waals surface area contributed by atoms with Gasteiger partial charge in [0.1, 0.15) is 0 Å². The molecule has 2 rings (SSSR count). The van der Waals surface area contributed by atoms with Crippen LogP contribution in [0.3, 0.4) is 0 Å². The Hall–Kier alpha value is -1.02. The summed E-state index contributed by atoms with van der Waals surface area (Å²) < 4.78 is 0. The first kappa shape index (κ1) is 15.4. The van der Waals surface area contributed by atoms with E-state index in [2.05, 4.69) is 36.5 Å². The third-order valence-electron chi connectivity index (χ3n) is 3.35. The molecule has 0 aromatic heterocycles. The van der Waals surface area contributed by atoms with E-state index < -0.39 is 0 Å². The fourth-order valence-electron chi connectivity index (χ4n) is 2.28. The van der Waals surface area contributed by atoms with Crippen molar-refractivity contribution in [1.29, 1.82) is 0 Å². The quantitative estimate of drug-likeness (QED) is 0.730. The highest BCUT2D eigenvalue weighted by Crippen LogP contribution is 2.26. The molecule has 1 nitrogen and oxygen atoms in total. The van der Waals surface area contributed by atoms with E-state index in [4.69, 9.17) is 23.2 Å². The third-order valence-corrected chi connectivity index (χ3v) is 4.21. The first-order valence-corrected chi connectivity index (χ1v) is 7.69. The number of halogens is 2. The second-order valence-corrected chi connectivity index (χ2v) is 5.63. The van der Waals surface area contributed by atoms with Gasteiger partial charge in [0.25, 0.3) is 0 Å². The minimum Gasteiger partial charge on any atom is -0.306 e. The molecule has 0 radical (unpaired) electrons. The molecular weight excluding hydrogens is 289 g/mol. The van der Waals surface area contributed by atoms with Crippen molar-refractivity contribution in [3.63, 3.8) is 0 Å². The van der Waals surface area contributed by atoms with Crippen molar-refractivity contribution < 1.29 is 0 Å². The van der Waals surface area contributed by atoms with Crippen LogP contribution in [0, 0.1) is 0 Å². The first-order valence-electron chi connectivity index (χ1n) is 6.93. The van der Waals surface area contributed by atoms with Crippen LogP contribution in [0.2, 0.25) is 10.0 Å². The summed E-state index contributed by atoms with van der Waals surface area (Å²) in [6, 6.07) is 16.6. The Labute approximate surface area is 130 Å². The van der Waals surface area contributed by atoms with Crippen LogP contribution in [0.25, 0.3) is 0 Å². The maximum absolute atomic E-state index is 6.23. The molecule has 0 amide bonds. The highest BCUT2D eigenvalue weighted by molar-refractivity contribution is 6.42. The SMILES string of the molecule is CCCC(NCc1cccc(Cl)c1Cl)c1ccccc1. The van der Waals surface area contributed by atoms with Crippen LogP contribution >= 0.6 is 23.2 Å². The van der Waals surface area contributed by atoms with Crippen LogP contribution in [0.5, 0.6) is 0 Å². The molecule has 0 aliphatic carbocycles. The molecule has 2 aromatic rings. The number of hydrogen-bond acceptors (Lipinski definition) is 1. The Morgan fingerprint density at radius 2 is 1.75 bits per heavy atom. The molecule has 0 bridgehead atoms. The molecule has 0 saturated carbocycles. The average Bonchev–Trinajstić information content (AvgIpc) is 2.48. The minimum absolute atomic E-state index is 0.344. The monoisotopic (exact) mass is 307 g/mol. The fraction of sp³-hybridized carbons (Fsp3) is 0.294. The lowest BCUT2D eigenvalue weighted by atomic mass is 10.0. The molecule has 0 fully saturated rings. The Bertz CT molecular complexity index is 540. The second-order valence-electron chi connectivity index (χ2n) is 4.85. The number of benzene rings is 2. The predicted octanol–water partition coefficient (Wildman–Crippen LogP) is 5.62. The molecule has 0 aliphatic rings. The molecule has 1 N–H and O–H groups in total. The molecule has 3 heteroatoms. The summed E-state index contributed by atoms with van der Waals surface area (Å²) in [7, 11) is 0. The summed E-state index contributed by atoms with van der Waals surface area (Å²) in [5.74, 6) is 0. The van der Waals surface area contributed by atoms with Gasteiger partial charge in [-0.2, -0.15) is 0 Å². The molecule has 106 valence electrons. The summed E-state index contributed by atoms with van der Waals surface area (Å²) in [4.78, 5) is 0. The average molecular weight is 308 g/mol. The van der Waals surface area contributed by atoms with Gasteiger partial charge in [0.2, 0.25) is 0 Å². The standard InChI is InChI=1S/C17H19Cl2N/c1-2-7-16(13-8-4-3-5-9-13)20-12-14-10-6-11-15(18)17(14)19/h3-6,8-11,16,20H,2,7,12H2,1H3. The third kappa shape index (κ3) is 3.99. The second kappa shape index (κ2) is 7.68. The zero-order valence-corrected chi connectivity index (χ0v) is 13.1. The largest absolute Gasteiger partial charge is 0.306 e. The topological polar surface area (TPSA) is 12.0 Å². The Morgan fingerprint density at radius 1 is 1.00 bits per heavy atom. The van der Waals surface area contributed by atoms with E-state index in [0.29, 0.717) is 16.1 Å². The van der Waals surface area contributed by atoms with Gasteiger partial charge in [-0.3, -0.25) is 0 Å². The maximum atomic E-state index is 6.23. The molecule has 20 heavy (non-hydrogen) atoms. The number of nitrogens with one attached hydrogen (secondary N) is 1. The van der Waals surface area contributed by atoms with Crippen LogP contribution in [-0.4, -0.2) is 0 Å². The van der Waals surface area contributed by atoms with Crippen LogP contribution in [0.15, 0.2) is 48.5 Å². The van der Waals surface area contributed by atoms with Crippen LogP contribution in [0.4, 0.5) is 0 Å². The van der Waals surface area contributed by atoms with Crippen LogP contribution in [-0.2, 0) is 6.54 Å². The molecular formula is C17H19Cl2N. The van der Waals surface area contributed by atoms with Gasteiger partial charge in [0.05, 0.1) is 10.0 Å². The van der Waals surface area contributed by atoms with Crippen molar-refractivity contribution in [1.82, 2.24) is 5.32 Å². The van der Waals surface area contributed by atoms with E-state index in [0.717, 1.165) is 24.9 Å². The summed E-state index contributed by atoms with van der Waals surface area (Å²) >= 11 is 12.3. The minimum atomic E-state index is 0.344.